The average Bonchev–Trinajstić information content (AvgIpc) is 3.14. The minimum absolute atomic E-state index is 0.482. The van der Waals surface area contributed by atoms with Crippen molar-refractivity contribution in [3.8, 4) is 12.1 Å². The molecule has 0 radical (unpaired) electrons. The molecule has 1 aliphatic carbocycles. The highest BCUT2D eigenvalue weighted by atomic mass is 15.2. The number of nitrogens with zero attached hydrogens (tertiary/aromatic N) is 4. The molecular formula is C12H12N4. The molecule has 0 aromatic carbocycles. The Morgan fingerprint density at radius 1 is 1.44 bits per heavy atom. The fourth-order valence-corrected chi connectivity index (χ4v) is 1.77. The second-order valence-electron chi connectivity index (χ2n) is 3.84. The first-order chi connectivity index (χ1) is 7.86. The van der Waals surface area contributed by atoms with Gasteiger partial charge in [-0.1, -0.05) is 0 Å². The van der Waals surface area contributed by atoms with E-state index in [1.54, 1.807) is 18.5 Å². The van der Waals surface area contributed by atoms with Gasteiger partial charge in [-0.15, -0.1) is 0 Å². The summed E-state index contributed by atoms with van der Waals surface area (Å²) in [5, 5.41) is 17.7. The van der Waals surface area contributed by atoms with E-state index in [9.17, 15) is 0 Å². The van der Waals surface area contributed by atoms with E-state index in [1.807, 2.05) is 0 Å². The van der Waals surface area contributed by atoms with E-state index in [4.69, 9.17) is 10.5 Å². The molecule has 1 aliphatic rings. The van der Waals surface area contributed by atoms with Crippen molar-refractivity contribution in [2.45, 2.75) is 25.3 Å². The fourth-order valence-electron chi connectivity index (χ4n) is 1.77. The molecular weight excluding hydrogens is 200 g/mol. The Bertz CT molecular complexity index is 451. The van der Waals surface area contributed by atoms with Gasteiger partial charge in [0.05, 0.1) is 29.9 Å². The Morgan fingerprint density at radius 2 is 2.25 bits per heavy atom. The van der Waals surface area contributed by atoms with Gasteiger partial charge >= 0.3 is 0 Å². The molecule has 1 heterocycles. The highest BCUT2D eigenvalue weighted by molar-refractivity contribution is 5.58. The van der Waals surface area contributed by atoms with Crippen LogP contribution in [-0.2, 0) is 0 Å². The van der Waals surface area contributed by atoms with Gasteiger partial charge in [-0.25, -0.2) is 0 Å². The summed E-state index contributed by atoms with van der Waals surface area (Å²) in [6.45, 7) is 0.682. The van der Waals surface area contributed by atoms with Crippen molar-refractivity contribution in [3.05, 3.63) is 24.0 Å². The van der Waals surface area contributed by atoms with Crippen molar-refractivity contribution in [1.82, 2.24) is 4.98 Å². The van der Waals surface area contributed by atoms with Crippen LogP contribution in [0.3, 0.4) is 0 Å². The fraction of sp³-hybridized carbons (Fsp3) is 0.417. The van der Waals surface area contributed by atoms with Gasteiger partial charge in [-0.05, 0) is 18.9 Å². The summed E-state index contributed by atoms with van der Waals surface area (Å²) in [5.41, 5.74) is 1.50. The lowest BCUT2D eigenvalue weighted by molar-refractivity contribution is 0.789. The normalized spacial score (nSPS) is 13.9. The van der Waals surface area contributed by atoms with Gasteiger partial charge in [0.25, 0.3) is 0 Å². The van der Waals surface area contributed by atoms with Crippen molar-refractivity contribution in [1.29, 1.82) is 10.5 Å². The third kappa shape index (κ3) is 2.12. The summed E-state index contributed by atoms with van der Waals surface area (Å²) in [6.07, 6.45) is 6.11. The zero-order valence-corrected chi connectivity index (χ0v) is 8.93. The highest BCUT2D eigenvalue weighted by Gasteiger charge is 2.30. The van der Waals surface area contributed by atoms with E-state index in [-0.39, 0.29) is 0 Å². The SMILES string of the molecule is N#CCCN(c1cnccc1C#N)C1CC1. The van der Waals surface area contributed by atoms with Gasteiger partial charge in [0.15, 0.2) is 0 Å². The maximum Gasteiger partial charge on any atom is 0.101 e. The molecule has 1 aromatic heterocycles. The summed E-state index contributed by atoms with van der Waals surface area (Å²) >= 11 is 0. The molecule has 0 N–H and O–H groups in total. The van der Waals surface area contributed by atoms with E-state index >= 15 is 0 Å². The molecule has 0 spiro atoms. The number of hydrogen-bond acceptors (Lipinski definition) is 4. The highest BCUT2D eigenvalue weighted by Crippen LogP contribution is 2.32. The van der Waals surface area contributed by atoms with Crippen molar-refractivity contribution >= 4 is 5.69 Å². The first-order valence-electron chi connectivity index (χ1n) is 5.34. The molecule has 4 heteroatoms. The smallest absolute Gasteiger partial charge is 0.101 e. The predicted octanol–water partition coefficient (Wildman–Crippen LogP) is 1.84. The number of hydrogen-bond donors (Lipinski definition) is 0. The first-order valence-corrected chi connectivity index (χ1v) is 5.34. The number of pyridine rings is 1. The first kappa shape index (κ1) is 10.4. The summed E-state index contributed by atoms with van der Waals surface area (Å²) in [5.74, 6) is 0. The van der Waals surface area contributed by atoms with Gasteiger partial charge in [0.2, 0.25) is 0 Å². The molecule has 16 heavy (non-hydrogen) atoms. The van der Waals surface area contributed by atoms with Crippen LogP contribution >= 0.6 is 0 Å². The lowest BCUT2D eigenvalue weighted by Crippen LogP contribution is -2.27. The zero-order valence-electron chi connectivity index (χ0n) is 8.93. The topological polar surface area (TPSA) is 63.7 Å². The molecule has 0 unspecified atom stereocenters. The number of nitriles is 2. The molecule has 2 rings (SSSR count). The maximum absolute atomic E-state index is 9.03. The Hall–Kier alpha value is -2.07. The summed E-state index contributed by atoms with van der Waals surface area (Å²) in [6, 6.07) is 6.52. The summed E-state index contributed by atoms with van der Waals surface area (Å²) in [4.78, 5) is 6.19. The van der Waals surface area contributed by atoms with Gasteiger partial charge in [0.1, 0.15) is 6.07 Å². The number of rotatable bonds is 4. The minimum Gasteiger partial charge on any atom is -0.365 e. The lowest BCUT2D eigenvalue weighted by atomic mass is 10.2. The van der Waals surface area contributed by atoms with Crippen LogP contribution in [0, 0.1) is 22.7 Å². The second-order valence-corrected chi connectivity index (χ2v) is 3.84. The molecule has 0 saturated heterocycles. The van der Waals surface area contributed by atoms with Crippen molar-refractivity contribution in [2.24, 2.45) is 0 Å². The molecule has 80 valence electrons. The molecule has 1 saturated carbocycles. The Kier molecular flexibility index (Phi) is 3.03. The van der Waals surface area contributed by atoms with Crippen LogP contribution < -0.4 is 4.90 Å². The molecule has 1 aromatic rings. The molecule has 0 bridgehead atoms. The Morgan fingerprint density at radius 3 is 2.88 bits per heavy atom. The predicted molar refractivity (Wildman–Crippen MR) is 59.6 cm³/mol. The van der Waals surface area contributed by atoms with Gasteiger partial charge in [0, 0.05) is 18.8 Å². The molecule has 0 atom stereocenters. The van der Waals surface area contributed by atoms with Crippen LogP contribution in [0.4, 0.5) is 5.69 Å². The quantitative estimate of drug-likeness (QED) is 0.763. The van der Waals surface area contributed by atoms with Crippen LogP contribution in [0.2, 0.25) is 0 Å². The van der Waals surface area contributed by atoms with Gasteiger partial charge < -0.3 is 4.90 Å². The van der Waals surface area contributed by atoms with Crippen LogP contribution in [0.25, 0.3) is 0 Å². The third-order valence-corrected chi connectivity index (χ3v) is 2.68. The lowest BCUT2D eigenvalue weighted by Gasteiger charge is -2.23. The van der Waals surface area contributed by atoms with Crippen LogP contribution in [0.5, 0.6) is 0 Å². The van der Waals surface area contributed by atoms with E-state index in [1.165, 1.54) is 0 Å². The van der Waals surface area contributed by atoms with E-state index in [0.717, 1.165) is 18.5 Å². The summed E-state index contributed by atoms with van der Waals surface area (Å²) < 4.78 is 0. The van der Waals surface area contributed by atoms with E-state index < -0.39 is 0 Å². The van der Waals surface area contributed by atoms with Crippen LogP contribution in [0.1, 0.15) is 24.8 Å². The molecule has 1 fully saturated rings. The number of anilines is 1. The maximum atomic E-state index is 9.03. The van der Waals surface area contributed by atoms with E-state index in [2.05, 4.69) is 22.0 Å². The monoisotopic (exact) mass is 212 g/mol. The van der Waals surface area contributed by atoms with Crippen molar-refractivity contribution in [2.75, 3.05) is 11.4 Å². The second kappa shape index (κ2) is 4.63. The Balaban J connectivity index is 2.25. The van der Waals surface area contributed by atoms with Crippen molar-refractivity contribution < 1.29 is 0 Å². The van der Waals surface area contributed by atoms with Crippen molar-refractivity contribution in [3.63, 3.8) is 0 Å². The average molecular weight is 212 g/mol. The zero-order chi connectivity index (χ0) is 11.4. The Labute approximate surface area is 94.7 Å². The molecule has 0 aliphatic heterocycles. The minimum atomic E-state index is 0.482. The largest absolute Gasteiger partial charge is 0.365 e. The molecule has 4 nitrogen and oxygen atoms in total. The third-order valence-electron chi connectivity index (χ3n) is 2.68. The molecule has 0 amide bonds. The van der Waals surface area contributed by atoms with Crippen LogP contribution in [-0.4, -0.2) is 17.6 Å². The standard InChI is InChI=1S/C12H12N4/c13-5-1-7-16(11-2-3-11)12-9-15-6-4-10(12)8-14/h4,6,9,11H,1-3,7H2. The van der Waals surface area contributed by atoms with E-state index in [0.29, 0.717) is 24.6 Å². The van der Waals surface area contributed by atoms with Gasteiger partial charge in [-0.2, -0.15) is 10.5 Å². The number of aromatic nitrogens is 1. The van der Waals surface area contributed by atoms with Crippen LogP contribution in [0.15, 0.2) is 18.5 Å². The summed E-state index contributed by atoms with van der Waals surface area (Å²) in [7, 11) is 0. The van der Waals surface area contributed by atoms with Gasteiger partial charge in [-0.3, -0.25) is 4.98 Å².